The minimum Gasteiger partial charge on any atom is -0.468 e. The van der Waals surface area contributed by atoms with E-state index in [4.69, 9.17) is 29.0 Å². The van der Waals surface area contributed by atoms with Crippen LogP contribution in [0.15, 0.2) is 77.9 Å². The van der Waals surface area contributed by atoms with Crippen LogP contribution in [0.1, 0.15) is 11.8 Å². The second-order valence-electron chi connectivity index (χ2n) is 8.86. The van der Waals surface area contributed by atoms with E-state index >= 15 is 0 Å². The smallest absolute Gasteiger partial charge is 0.459 e. The molecule has 5 rings (SSSR count). The van der Waals surface area contributed by atoms with Gasteiger partial charge in [0, 0.05) is 29.7 Å². The number of esters is 1. The number of ether oxygens (including phenoxy) is 3. The number of hydrogen-bond donors (Lipinski definition) is 3. The Morgan fingerprint density at radius 2 is 2.00 bits per heavy atom. The van der Waals surface area contributed by atoms with Crippen LogP contribution in [-0.4, -0.2) is 53.2 Å². The summed E-state index contributed by atoms with van der Waals surface area (Å²) in [6.07, 6.45) is 1.57. The Bertz CT molecular complexity index is 1580. The number of H-pyrrole nitrogens is 1. The fourth-order valence-corrected chi connectivity index (χ4v) is 5.70. The number of anilines is 1. The van der Waals surface area contributed by atoms with Gasteiger partial charge in [0.15, 0.2) is 12.5 Å². The zero-order chi connectivity index (χ0) is 28.1. The lowest BCUT2D eigenvalue weighted by Gasteiger charge is -2.25. The first kappa shape index (κ1) is 27.6. The largest absolute Gasteiger partial charge is 0.468 e. The Morgan fingerprint density at radius 1 is 1.23 bits per heavy atom. The molecule has 4 N–H and O–H groups in total. The normalized spacial score (nSPS) is 19.2. The van der Waals surface area contributed by atoms with Crippen molar-refractivity contribution in [3.8, 4) is 5.75 Å². The number of aromatic nitrogens is 3. The predicted octanol–water partition coefficient (Wildman–Crippen LogP) is 2.76. The van der Waals surface area contributed by atoms with Gasteiger partial charge in [-0.05, 0) is 29.8 Å². The quantitative estimate of drug-likeness (QED) is 0.179. The Kier molecular flexibility index (Phi) is 8.29. The fraction of sp³-hybridized carbons (Fsp3) is 0.269. The van der Waals surface area contributed by atoms with Gasteiger partial charge in [-0.3, -0.25) is 13.9 Å². The van der Waals surface area contributed by atoms with Crippen LogP contribution in [0.3, 0.4) is 0 Å². The molecule has 2 aromatic carbocycles. The van der Waals surface area contributed by atoms with Crippen molar-refractivity contribution in [3.63, 3.8) is 0 Å². The molecule has 1 aliphatic heterocycles. The summed E-state index contributed by atoms with van der Waals surface area (Å²) >= 11 is 0. The summed E-state index contributed by atoms with van der Waals surface area (Å²) in [5, 5.41) is 3.65. The number of aromatic amines is 1. The maximum atomic E-state index is 14.0. The lowest BCUT2D eigenvalue weighted by Crippen LogP contribution is -2.39. The first-order valence-electron chi connectivity index (χ1n) is 12.3. The summed E-state index contributed by atoms with van der Waals surface area (Å²) in [6, 6.07) is 16.4. The molecule has 2 aromatic heterocycles. The number of rotatable bonds is 11. The van der Waals surface area contributed by atoms with Crippen LogP contribution in [0, 0.1) is 0 Å². The van der Waals surface area contributed by atoms with E-state index in [1.54, 1.807) is 36.5 Å². The van der Waals surface area contributed by atoms with Gasteiger partial charge in [-0.2, -0.15) is 10.1 Å². The molecule has 4 atom stereocenters. The van der Waals surface area contributed by atoms with Crippen molar-refractivity contribution in [1.82, 2.24) is 19.6 Å². The minimum absolute atomic E-state index is 0.0160. The maximum absolute atomic E-state index is 14.0. The van der Waals surface area contributed by atoms with Gasteiger partial charge in [-0.15, -0.1) is 0 Å². The molecule has 1 unspecified atom stereocenters. The van der Waals surface area contributed by atoms with Crippen LogP contribution in [0.2, 0.25) is 0 Å². The summed E-state index contributed by atoms with van der Waals surface area (Å²) in [6.45, 7) is -0.326. The third-order valence-electron chi connectivity index (χ3n) is 6.14. The van der Waals surface area contributed by atoms with Crippen LogP contribution in [0.25, 0.3) is 10.9 Å². The molecule has 0 spiro atoms. The van der Waals surface area contributed by atoms with Gasteiger partial charge in [0.25, 0.3) is 0 Å². The highest BCUT2D eigenvalue weighted by atomic mass is 31.2. The molecule has 0 bridgehead atoms. The van der Waals surface area contributed by atoms with E-state index in [1.165, 1.54) is 23.9 Å². The van der Waals surface area contributed by atoms with Crippen molar-refractivity contribution < 1.29 is 32.6 Å². The maximum Gasteiger partial charge on any atom is 0.459 e. The summed E-state index contributed by atoms with van der Waals surface area (Å²) in [5.74, 6) is -0.327. The molecular formula is C26H28N5O8P. The van der Waals surface area contributed by atoms with E-state index in [0.29, 0.717) is 0 Å². The zero-order valence-electron chi connectivity index (χ0n) is 21.5. The van der Waals surface area contributed by atoms with Gasteiger partial charge >= 0.3 is 19.4 Å². The third-order valence-corrected chi connectivity index (χ3v) is 7.71. The summed E-state index contributed by atoms with van der Waals surface area (Å²) in [4.78, 5) is 31.8. The number of hydrogen-bond acceptors (Lipinski definition) is 10. The van der Waals surface area contributed by atoms with E-state index in [2.05, 4.69) is 15.1 Å². The lowest BCUT2D eigenvalue weighted by atomic mass is 10.1. The number of nitrogens with one attached hydrogen (secondary N) is 2. The van der Waals surface area contributed by atoms with Crippen LogP contribution < -0.4 is 21.0 Å². The highest BCUT2D eigenvalue weighted by Crippen LogP contribution is 2.46. The molecule has 0 saturated carbocycles. The molecule has 1 fully saturated rings. The Hall–Kier alpha value is -4.00. The van der Waals surface area contributed by atoms with E-state index < -0.39 is 38.0 Å². The first-order chi connectivity index (χ1) is 19.3. The Balaban J connectivity index is 1.33. The van der Waals surface area contributed by atoms with E-state index in [9.17, 15) is 14.2 Å². The van der Waals surface area contributed by atoms with Crippen molar-refractivity contribution in [2.45, 2.75) is 25.0 Å². The van der Waals surface area contributed by atoms with Gasteiger partial charge in [0.1, 0.15) is 24.2 Å². The molecule has 3 heterocycles. The number of nitrogens with zero attached hydrogens (tertiary/aromatic N) is 2. The molecule has 0 amide bonds. The number of carbonyl (C=O) groups is 1. The van der Waals surface area contributed by atoms with Crippen LogP contribution >= 0.6 is 7.75 Å². The van der Waals surface area contributed by atoms with Crippen LogP contribution in [-0.2, 0) is 34.5 Å². The second kappa shape index (κ2) is 12.0. The topological polar surface area (TPSA) is 169 Å². The van der Waals surface area contributed by atoms with Gasteiger partial charge < -0.3 is 29.5 Å². The molecule has 14 heteroatoms. The zero-order valence-corrected chi connectivity index (χ0v) is 22.4. The number of fused-ring (bicyclic) bond motifs is 1. The SMILES string of the molecule is COC(=O)[C@@H](Cc1c[nH]c2ccccc12)NP(=O)(OC[C@H]1OC[C@@H](n2ccc(N)nc2=O)O1)Oc1ccccc1. The Morgan fingerprint density at radius 3 is 2.77 bits per heavy atom. The lowest BCUT2D eigenvalue weighted by molar-refractivity contribution is -0.142. The summed E-state index contributed by atoms with van der Waals surface area (Å²) in [7, 11) is -2.98. The average molecular weight is 570 g/mol. The molecule has 1 saturated heterocycles. The van der Waals surface area contributed by atoms with Gasteiger partial charge in [-0.1, -0.05) is 36.4 Å². The van der Waals surface area contributed by atoms with E-state index in [1.807, 2.05) is 24.3 Å². The average Bonchev–Trinajstić information content (AvgIpc) is 3.59. The number of methoxy groups -OCH3 is 1. The molecule has 4 aromatic rings. The first-order valence-corrected chi connectivity index (χ1v) is 13.9. The predicted molar refractivity (Wildman–Crippen MR) is 144 cm³/mol. The number of nitrogen functional groups attached to an aromatic ring is 1. The molecule has 0 aliphatic carbocycles. The number of para-hydroxylation sites is 2. The standard InChI is InChI=1S/C26H28N5O8P/c1-35-25(32)21(13-17-14-28-20-10-6-5-9-19(17)20)30-40(34,39-18-7-3-2-4-8-18)37-16-24-36-15-23(38-24)31-12-11-22(27)29-26(31)33/h2-12,14,21,23-24,28H,13,15-16H2,1H3,(H,30,34)(H2,27,29,33)/t21-,23+,24+,40?/m1/s1. The number of nitrogens with two attached hydrogens (primary N) is 1. The summed E-state index contributed by atoms with van der Waals surface area (Å²) < 4.78 is 43.1. The van der Waals surface area contributed by atoms with Crippen LogP contribution in [0.5, 0.6) is 5.75 Å². The van der Waals surface area contributed by atoms with Gasteiger partial charge in [-0.25, -0.2) is 9.36 Å². The highest BCUT2D eigenvalue weighted by molar-refractivity contribution is 7.52. The van der Waals surface area contributed by atoms with Crippen LogP contribution in [0.4, 0.5) is 5.82 Å². The van der Waals surface area contributed by atoms with E-state index in [0.717, 1.165) is 16.5 Å². The number of carbonyl (C=O) groups excluding carboxylic acids is 1. The fourth-order valence-electron chi connectivity index (χ4n) is 4.23. The Labute approximate surface area is 228 Å². The molecule has 13 nitrogen and oxygen atoms in total. The van der Waals surface area contributed by atoms with Crippen molar-refractivity contribution in [2.75, 3.05) is 26.1 Å². The minimum atomic E-state index is -4.22. The molecular weight excluding hydrogens is 541 g/mol. The monoisotopic (exact) mass is 569 g/mol. The van der Waals surface area contributed by atoms with Gasteiger partial charge in [0.2, 0.25) is 0 Å². The summed E-state index contributed by atoms with van der Waals surface area (Å²) in [5.41, 5.74) is 6.64. The van der Waals surface area contributed by atoms with Crippen molar-refractivity contribution in [3.05, 3.63) is 89.1 Å². The highest BCUT2D eigenvalue weighted by Gasteiger charge is 2.37. The van der Waals surface area contributed by atoms with Gasteiger partial charge in [0.05, 0.1) is 13.7 Å². The third kappa shape index (κ3) is 6.41. The van der Waals surface area contributed by atoms with Crippen molar-refractivity contribution >= 4 is 30.4 Å². The molecule has 0 radical (unpaired) electrons. The molecule has 210 valence electrons. The number of benzene rings is 2. The van der Waals surface area contributed by atoms with Crippen molar-refractivity contribution in [1.29, 1.82) is 0 Å². The van der Waals surface area contributed by atoms with E-state index in [-0.39, 0.29) is 31.2 Å². The molecule has 1 aliphatic rings. The molecule has 40 heavy (non-hydrogen) atoms. The second-order valence-corrected chi connectivity index (χ2v) is 10.6. The van der Waals surface area contributed by atoms with Crippen molar-refractivity contribution in [2.24, 2.45) is 0 Å².